The molecule has 1 aliphatic rings. The van der Waals surface area contributed by atoms with Crippen molar-refractivity contribution in [2.24, 2.45) is 0 Å². The third kappa shape index (κ3) is 2.13. The first-order chi connectivity index (χ1) is 8.79. The van der Waals surface area contributed by atoms with Crippen LogP contribution in [0.5, 0.6) is 0 Å². The first-order valence-corrected chi connectivity index (χ1v) is 7.92. The van der Waals surface area contributed by atoms with Crippen LogP contribution in [-0.2, 0) is 4.74 Å². The zero-order chi connectivity index (χ0) is 12.5. The van der Waals surface area contributed by atoms with Crippen LogP contribution in [0.4, 0.5) is 5.82 Å². The van der Waals surface area contributed by atoms with Gasteiger partial charge >= 0.3 is 0 Å². The molecule has 0 saturated carbocycles. The van der Waals surface area contributed by atoms with Crippen LogP contribution in [0.3, 0.4) is 0 Å². The Morgan fingerprint density at radius 1 is 1.56 bits per heavy atom. The van der Waals surface area contributed by atoms with E-state index < -0.39 is 0 Å². The van der Waals surface area contributed by atoms with Crippen LogP contribution < -0.4 is 4.90 Å². The highest BCUT2D eigenvalue weighted by atomic mass is 79.9. The molecule has 96 valence electrons. The largest absolute Gasteiger partial charge is 0.373 e. The number of anilines is 1. The second-order valence-corrected chi connectivity index (χ2v) is 6.01. The summed E-state index contributed by atoms with van der Waals surface area (Å²) in [6, 6.07) is 2.39. The second-order valence-electron chi connectivity index (χ2n) is 4.44. The lowest BCUT2D eigenvalue weighted by Crippen LogP contribution is -2.49. The maximum absolute atomic E-state index is 5.76. The third-order valence-electron chi connectivity index (χ3n) is 3.17. The number of ether oxygens (including phenoxy) is 1. The van der Waals surface area contributed by atoms with Gasteiger partial charge in [-0.15, -0.1) is 11.3 Å². The predicted octanol–water partition coefficient (Wildman–Crippen LogP) is 2.68. The summed E-state index contributed by atoms with van der Waals surface area (Å²) in [5, 5.41) is 2.92. The summed E-state index contributed by atoms with van der Waals surface area (Å²) < 4.78 is 6.92. The summed E-state index contributed by atoms with van der Waals surface area (Å²) in [4.78, 5) is 11.1. The lowest BCUT2D eigenvalue weighted by molar-refractivity contribution is 0.0378. The Bertz CT molecular complexity index is 547. The minimum absolute atomic E-state index is 0.228. The first kappa shape index (κ1) is 12.3. The van der Waals surface area contributed by atoms with Gasteiger partial charge < -0.3 is 9.64 Å². The molecule has 2 aromatic heterocycles. The fraction of sp³-hybridized carbons (Fsp3) is 0.500. The summed E-state index contributed by atoms with van der Waals surface area (Å²) in [5.74, 6) is 1.04. The molecule has 0 amide bonds. The highest BCUT2D eigenvalue weighted by Gasteiger charge is 2.27. The third-order valence-corrected chi connectivity index (χ3v) is 4.80. The summed E-state index contributed by atoms with van der Waals surface area (Å²) in [6.07, 6.45) is 1.88. The van der Waals surface area contributed by atoms with E-state index in [1.54, 1.807) is 17.7 Å². The molecule has 3 rings (SSSR count). The van der Waals surface area contributed by atoms with E-state index in [1.807, 2.05) is 6.07 Å². The number of alkyl halides is 1. The maximum Gasteiger partial charge on any atom is 0.150 e. The van der Waals surface area contributed by atoms with Gasteiger partial charge in [-0.1, -0.05) is 15.9 Å². The van der Waals surface area contributed by atoms with Crippen molar-refractivity contribution in [2.45, 2.75) is 19.1 Å². The Balaban J connectivity index is 1.99. The molecule has 0 spiro atoms. The minimum Gasteiger partial charge on any atom is -0.373 e. The van der Waals surface area contributed by atoms with Gasteiger partial charge in [-0.05, 0) is 18.4 Å². The van der Waals surface area contributed by atoms with Crippen LogP contribution >= 0.6 is 27.3 Å². The van der Waals surface area contributed by atoms with Gasteiger partial charge in [0, 0.05) is 11.9 Å². The van der Waals surface area contributed by atoms with E-state index in [9.17, 15) is 0 Å². The molecule has 6 heteroatoms. The highest BCUT2D eigenvalue weighted by molar-refractivity contribution is 9.09. The van der Waals surface area contributed by atoms with E-state index in [4.69, 9.17) is 4.74 Å². The smallest absolute Gasteiger partial charge is 0.150 e. The Hall–Kier alpha value is -0.720. The molecule has 0 bridgehead atoms. The van der Waals surface area contributed by atoms with Gasteiger partial charge in [-0.2, -0.15) is 0 Å². The van der Waals surface area contributed by atoms with Crippen LogP contribution in [0, 0.1) is 0 Å². The highest BCUT2D eigenvalue weighted by Crippen LogP contribution is 2.30. The van der Waals surface area contributed by atoms with Crippen LogP contribution in [0.15, 0.2) is 17.8 Å². The van der Waals surface area contributed by atoms with Gasteiger partial charge in [-0.3, -0.25) is 0 Å². The molecule has 1 fully saturated rings. The van der Waals surface area contributed by atoms with Crippen molar-refractivity contribution in [3.63, 3.8) is 0 Å². The monoisotopic (exact) mass is 327 g/mol. The summed E-state index contributed by atoms with van der Waals surface area (Å²) in [6.45, 7) is 3.79. The zero-order valence-electron chi connectivity index (χ0n) is 10.0. The molecular weight excluding hydrogens is 314 g/mol. The van der Waals surface area contributed by atoms with Gasteiger partial charge in [0.2, 0.25) is 0 Å². The Morgan fingerprint density at radius 2 is 2.44 bits per heavy atom. The summed E-state index contributed by atoms with van der Waals surface area (Å²) in [5.41, 5.74) is 1.03. The fourth-order valence-corrected chi connectivity index (χ4v) is 3.43. The Labute approximate surface area is 118 Å². The van der Waals surface area contributed by atoms with Gasteiger partial charge in [0.1, 0.15) is 12.1 Å². The van der Waals surface area contributed by atoms with Gasteiger partial charge in [-0.25, -0.2) is 9.97 Å². The van der Waals surface area contributed by atoms with E-state index in [0.717, 1.165) is 29.8 Å². The first-order valence-electron chi connectivity index (χ1n) is 5.92. The average molecular weight is 328 g/mol. The SMILES string of the molecule is CC1COC(CBr)CN1c1ncnc2ccsc12. The lowest BCUT2D eigenvalue weighted by Gasteiger charge is -2.38. The molecule has 4 nitrogen and oxygen atoms in total. The summed E-state index contributed by atoms with van der Waals surface area (Å²) >= 11 is 5.19. The van der Waals surface area contributed by atoms with E-state index in [0.29, 0.717) is 6.04 Å². The number of thiophene rings is 1. The molecule has 0 aliphatic carbocycles. The van der Waals surface area contributed by atoms with Crippen molar-refractivity contribution in [3.8, 4) is 0 Å². The van der Waals surface area contributed by atoms with Crippen molar-refractivity contribution in [3.05, 3.63) is 17.8 Å². The van der Waals surface area contributed by atoms with Crippen LogP contribution in [0.25, 0.3) is 10.2 Å². The molecule has 0 radical (unpaired) electrons. The number of aromatic nitrogens is 2. The number of hydrogen-bond donors (Lipinski definition) is 0. The molecule has 2 atom stereocenters. The minimum atomic E-state index is 0.228. The Morgan fingerprint density at radius 3 is 3.28 bits per heavy atom. The normalized spacial score (nSPS) is 24.7. The quantitative estimate of drug-likeness (QED) is 0.795. The van der Waals surface area contributed by atoms with Crippen LogP contribution in [0.2, 0.25) is 0 Å². The zero-order valence-corrected chi connectivity index (χ0v) is 12.4. The van der Waals surface area contributed by atoms with E-state index in [2.05, 4.69) is 43.1 Å². The van der Waals surface area contributed by atoms with E-state index >= 15 is 0 Å². The van der Waals surface area contributed by atoms with Gasteiger partial charge in [0.15, 0.2) is 0 Å². The number of halogens is 1. The molecule has 2 aromatic rings. The standard InChI is InChI=1S/C12H14BrN3OS/c1-8-6-17-9(4-13)5-16(8)12-11-10(2-3-18-11)14-7-15-12/h2-3,7-9H,4-6H2,1H3. The Kier molecular flexibility index (Phi) is 3.50. The van der Waals surface area contributed by atoms with Crippen LogP contribution in [0.1, 0.15) is 6.92 Å². The fourth-order valence-electron chi connectivity index (χ4n) is 2.19. The number of morpholine rings is 1. The maximum atomic E-state index is 5.76. The lowest BCUT2D eigenvalue weighted by atomic mass is 10.2. The van der Waals surface area contributed by atoms with E-state index in [-0.39, 0.29) is 6.10 Å². The second kappa shape index (κ2) is 5.11. The molecule has 0 aromatic carbocycles. The number of hydrogen-bond acceptors (Lipinski definition) is 5. The van der Waals surface area contributed by atoms with Crippen molar-refractivity contribution >= 4 is 43.3 Å². The molecular formula is C12H14BrN3OS. The van der Waals surface area contributed by atoms with Crippen molar-refractivity contribution < 1.29 is 4.74 Å². The number of rotatable bonds is 2. The van der Waals surface area contributed by atoms with Crippen LogP contribution in [-0.4, -0.2) is 40.6 Å². The molecule has 3 heterocycles. The predicted molar refractivity (Wildman–Crippen MR) is 77.8 cm³/mol. The average Bonchev–Trinajstić information content (AvgIpc) is 2.87. The molecule has 18 heavy (non-hydrogen) atoms. The number of fused-ring (bicyclic) bond motifs is 1. The van der Waals surface area contributed by atoms with Gasteiger partial charge in [0.25, 0.3) is 0 Å². The molecule has 0 N–H and O–H groups in total. The molecule has 1 saturated heterocycles. The van der Waals surface area contributed by atoms with Crippen molar-refractivity contribution in [2.75, 3.05) is 23.4 Å². The van der Waals surface area contributed by atoms with Crippen molar-refractivity contribution in [1.29, 1.82) is 0 Å². The molecule has 2 unspecified atom stereocenters. The summed E-state index contributed by atoms with van der Waals surface area (Å²) in [7, 11) is 0. The van der Waals surface area contributed by atoms with Gasteiger partial charge in [0.05, 0.1) is 29.0 Å². The molecule has 1 aliphatic heterocycles. The van der Waals surface area contributed by atoms with Crippen molar-refractivity contribution in [1.82, 2.24) is 9.97 Å². The number of nitrogens with zero attached hydrogens (tertiary/aromatic N) is 3. The topological polar surface area (TPSA) is 38.2 Å². The van der Waals surface area contributed by atoms with E-state index in [1.165, 1.54) is 4.70 Å².